The number of aryl methyl sites for hydroxylation is 1. The zero-order chi connectivity index (χ0) is 27.3. The summed E-state index contributed by atoms with van der Waals surface area (Å²) in [5.41, 5.74) is 4.51. The molecule has 0 spiro atoms. The van der Waals surface area contributed by atoms with Gasteiger partial charge in [-0.2, -0.15) is 0 Å². The van der Waals surface area contributed by atoms with Gasteiger partial charge in [-0.15, -0.1) is 11.3 Å². The molecule has 0 bridgehead atoms. The molecular formula is C29H37N5O3S. The molecule has 1 aliphatic rings. The van der Waals surface area contributed by atoms with Crippen LogP contribution in [0.2, 0.25) is 0 Å². The van der Waals surface area contributed by atoms with Gasteiger partial charge in [-0.3, -0.25) is 19.5 Å². The van der Waals surface area contributed by atoms with E-state index in [-0.39, 0.29) is 11.8 Å². The number of ether oxygens (including phenoxy) is 1. The van der Waals surface area contributed by atoms with Crippen LogP contribution < -0.4 is 14.5 Å². The Balaban J connectivity index is 1.40. The molecule has 9 heteroatoms. The van der Waals surface area contributed by atoms with Gasteiger partial charge in [-0.25, -0.2) is 4.98 Å². The summed E-state index contributed by atoms with van der Waals surface area (Å²) in [6, 6.07) is 9.71. The summed E-state index contributed by atoms with van der Waals surface area (Å²) in [5.74, 6) is 0.276. The Morgan fingerprint density at radius 1 is 1.11 bits per heavy atom. The van der Waals surface area contributed by atoms with Crippen molar-refractivity contribution in [2.24, 2.45) is 5.41 Å². The lowest BCUT2D eigenvalue weighted by Crippen LogP contribution is -2.47. The number of pyridine rings is 1. The fourth-order valence-corrected chi connectivity index (χ4v) is 5.55. The summed E-state index contributed by atoms with van der Waals surface area (Å²) in [7, 11) is 1.72. The number of rotatable bonds is 11. The molecule has 202 valence electrons. The van der Waals surface area contributed by atoms with Crippen LogP contribution in [-0.2, 0) is 22.6 Å². The number of aromatic nitrogens is 2. The van der Waals surface area contributed by atoms with Crippen molar-refractivity contribution in [2.45, 2.75) is 47.1 Å². The zero-order valence-corrected chi connectivity index (χ0v) is 23.8. The van der Waals surface area contributed by atoms with Gasteiger partial charge in [-0.1, -0.05) is 6.07 Å². The fraction of sp³-hybridized carbons (Fsp3) is 0.448. The number of amides is 2. The Bertz CT molecular complexity index is 1260. The van der Waals surface area contributed by atoms with Crippen LogP contribution in [0.5, 0.6) is 5.75 Å². The summed E-state index contributed by atoms with van der Waals surface area (Å²) in [6.45, 7) is 11.1. The summed E-state index contributed by atoms with van der Waals surface area (Å²) in [5, 5.41) is 0. The van der Waals surface area contributed by atoms with Crippen LogP contribution in [0.1, 0.15) is 43.3 Å². The minimum Gasteiger partial charge on any atom is -0.493 e. The van der Waals surface area contributed by atoms with Crippen LogP contribution >= 0.6 is 11.3 Å². The first-order valence-electron chi connectivity index (χ1n) is 13.1. The van der Waals surface area contributed by atoms with Crippen LogP contribution in [0.3, 0.4) is 0 Å². The predicted octanol–water partition coefficient (Wildman–Crippen LogP) is 4.72. The highest BCUT2D eigenvalue weighted by molar-refractivity contribution is 7.09. The van der Waals surface area contributed by atoms with Gasteiger partial charge in [0.05, 0.1) is 29.2 Å². The molecule has 4 rings (SSSR count). The van der Waals surface area contributed by atoms with Crippen molar-refractivity contribution in [3.63, 3.8) is 0 Å². The normalized spacial score (nSPS) is 15.1. The van der Waals surface area contributed by atoms with Gasteiger partial charge < -0.3 is 14.5 Å². The van der Waals surface area contributed by atoms with Gasteiger partial charge in [0.1, 0.15) is 11.2 Å². The first-order valence-corrected chi connectivity index (χ1v) is 14.0. The third-order valence-corrected chi connectivity index (χ3v) is 7.99. The van der Waals surface area contributed by atoms with Crippen molar-refractivity contribution in [1.29, 1.82) is 0 Å². The van der Waals surface area contributed by atoms with Crippen LogP contribution in [0.4, 0.5) is 11.4 Å². The van der Waals surface area contributed by atoms with Crippen LogP contribution in [0.25, 0.3) is 0 Å². The molecule has 3 heterocycles. The van der Waals surface area contributed by atoms with Crippen molar-refractivity contribution in [1.82, 2.24) is 14.9 Å². The number of nitrogens with zero attached hydrogens (tertiary/aromatic N) is 5. The summed E-state index contributed by atoms with van der Waals surface area (Å²) >= 11 is 1.70. The molecule has 8 nitrogen and oxygen atoms in total. The highest BCUT2D eigenvalue weighted by Crippen LogP contribution is 2.40. The minimum atomic E-state index is -1.12. The molecular weight excluding hydrogens is 498 g/mol. The van der Waals surface area contributed by atoms with Crippen molar-refractivity contribution in [3.05, 3.63) is 64.4 Å². The molecule has 2 aromatic heterocycles. The van der Waals surface area contributed by atoms with E-state index in [1.807, 2.05) is 42.9 Å². The molecule has 0 radical (unpaired) electrons. The first kappa shape index (κ1) is 27.7. The standard InChI is InChI=1S/C29H37N5O3S/c1-6-34-24-11-10-23(17-25(24)32(5)27(35)29(3,4)28(34)36)37-16-8-14-33(19-26-21(2)31-20-38-26)15-12-22-9-7-13-30-18-22/h7,9-11,13,17-18,20H,6,8,12,14-16,19H2,1-5H3. The number of hydrogen-bond acceptors (Lipinski definition) is 7. The topological polar surface area (TPSA) is 78.9 Å². The van der Waals surface area contributed by atoms with Gasteiger partial charge in [0.15, 0.2) is 0 Å². The Morgan fingerprint density at radius 2 is 1.92 bits per heavy atom. The molecule has 0 saturated carbocycles. The summed E-state index contributed by atoms with van der Waals surface area (Å²) < 4.78 is 6.13. The lowest BCUT2D eigenvalue weighted by molar-refractivity contribution is -0.137. The van der Waals surface area contributed by atoms with Gasteiger partial charge in [-0.05, 0) is 64.3 Å². The molecule has 0 fully saturated rings. The molecule has 2 amide bonds. The lowest BCUT2D eigenvalue weighted by atomic mass is 9.90. The Morgan fingerprint density at radius 3 is 2.61 bits per heavy atom. The number of carbonyl (C=O) groups is 2. The number of benzene rings is 1. The fourth-order valence-electron chi connectivity index (χ4n) is 4.73. The number of fused-ring (bicyclic) bond motifs is 1. The van der Waals surface area contributed by atoms with E-state index in [0.29, 0.717) is 24.6 Å². The molecule has 0 saturated heterocycles. The summed E-state index contributed by atoms with van der Waals surface area (Å²) in [6.07, 6.45) is 5.51. The van der Waals surface area contributed by atoms with E-state index in [1.165, 1.54) is 10.4 Å². The van der Waals surface area contributed by atoms with Gasteiger partial charge >= 0.3 is 0 Å². The predicted molar refractivity (Wildman–Crippen MR) is 152 cm³/mol. The van der Waals surface area contributed by atoms with E-state index in [4.69, 9.17) is 4.74 Å². The average Bonchev–Trinajstić information content (AvgIpc) is 3.31. The van der Waals surface area contributed by atoms with Gasteiger partial charge in [0.25, 0.3) is 0 Å². The second-order valence-corrected chi connectivity index (χ2v) is 11.1. The Kier molecular flexibility index (Phi) is 8.79. The lowest BCUT2D eigenvalue weighted by Gasteiger charge is -2.27. The average molecular weight is 536 g/mol. The Hall–Kier alpha value is -3.30. The highest BCUT2D eigenvalue weighted by atomic mass is 32.1. The van der Waals surface area contributed by atoms with E-state index in [1.54, 1.807) is 48.2 Å². The number of thiazole rings is 1. The van der Waals surface area contributed by atoms with Crippen molar-refractivity contribution < 1.29 is 14.3 Å². The molecule has 0 unspecified atom stereocenters. The minimum absolute atomic E-state index is 0.188. The largest absolute Gasteiger partial charge is 0.493 e. The Labute approximate surface area is 229 Å². The smallest absolute Gasteiger partial charge is 0.242 e. The highest BCUT2D eigenvalue weighted by Gasteiger charge is 2.45. The third kappa shape index (κ3) is 6.05. The molecule has 0 atom stereocenters. The SMILES string of the molecule is CCN1C(=O)C(C)(C)C(=O)N(C)c2cc(OCCCN(CCc3cccnc3)Cc3scnc3C)ccc21. The van der Waals surface area contributed by atoms with Crippen molar-refractivity contribution >= 4 is 34.5 Å². The van der Waals surface area contributed by atoms with E-state index >= 15 is 0 Å². The number of carbonyl (C=O) groups excluding carboxylic acids is 2. The second kappa shape index (κ2) is 12.0. The van der Waals surface area contributed by atoms with Gasteiger partial charge in [0, 0.05) is 56.6 Å². The van der Waals surface area contributed by atoms with Crippen LogP contribution in [-0.4, -0.2) is 60.0 Å². The van der Waals surface area contributed by atoms with Crippen LogP contribution in [0, 0.1) is 12.3 Å². The maximum absolute atomic E-state index is 13.1. The second-order valence-electron chi connectivity index (χ2n) is 10.1. The summed E-state index contributed by atoms with van der Waals surface area (Å²) in [4.78, 5) is 41.8. The maximum atomic E-state index is 13.1. The number of hydrogen-bond donors (Lipinski definition) is 0. The monoisotopic (exact) mass is 535 g/mol. The molecule has 38 heavy (non-hydrogen) atoms. The molecule has 1 aromatic carbocycles. The van der Waals surface area contributed by atoms with E-state index in [9.17, 15) is 9.59 Å². The van der Waals surface area contributed by atoms with Gasteiger partial charge in [0.2, 0.25) is 11.8 Å². The molecule has 0 N–H and O–H groups in total. The van der Waals surface area contributed by atoms with E-state index < -0.39 is 5.41 Å². The molecule has 0 aliphatic carbocycles. The van der Waals surface area contributed by atoms with E-state index in [2.05, 4.69) is 27.9 Å². The van der Waals surface area contributed by atoms with Crippen LogP contribution in [0.15, 0.2) is 48.2 Å². The van der Waals surface area contributed by atoms with Crippen molar-refractivity contribution in [2.75, 3.05) is 43.1 Å². The zero-order valence-electron chi connectivity index (χ0n) is 22.9. The third-order valence-electron chi connectivity index (χ3n) is 7.07. The molecule has 1 aliphatic heterocycles. The number of anilines is 2. The van der Waals surface area contributed by atoms with E-state index in [0.717, 1.165) is 43.9 Å². The molecule has 3 aromatic rings. The first-order chi connectivity index (χ1) is 18.2. The maximum Gasteiger partial charge on any atom is 0.242 e. The van der Waals surface area contributed by atoms with Crippen molar-refractivity contribution in [3.8, 4) is 5.75 Å². The quantitative estimate of drug-likeness (QED) is 0.261.